The molecular weight excluding hydrogens is 328 g/mol. The molecular formula is C25H53N2+. The van der Waals surface area contributed by atoms with Crippen LogP contribution in [0.5, 0.6) is 0 Å². The lowest BCUT2D eigenvalue weighted by Crippen LogP contribution is -2.42. The van der Waals surface area contributed by atoms with Crippen molar-refractivity contribution in [2.75, 3.05) is 46.8 Å². The lowest BCUT2D eigenvalue weighted by Gasteiger charge is -2.30. The Kier molecular flexibility index (Phi) is 15.6. The van der Waals surface area contributed by atoms with Crippen LogP contribution in [0.2, 0.25) is 0 Å². The molecule has 0 aromatic carbocycles. The summed E-state index contributed by atoms with van der Waals surface area (Å²) in [5, 5.41) is 0. The third-order valence-corrected chi connectivity index (χ3v) is 6.55. The highest BCUT2D eigenvalue weighted by atomic mass is 15.3. The number of quaternary nitrogens is 1. The molecule has 2 heteroatoms. The van der Waals surface area contributed by atoms with Gasteiger partial charge in [0.1, 0.15) is 0 Å². The van der Waals surface area contributed by atoms with Gasteiger partial charge in [0.15, 0.2) is 0 Å². The van der Waals surface area contributed by atoms with Gasteiger partial charge in [0, 0.05) is 13.0 Å². The van der Waals surface area contributed by atoms with E-state index in [1.54, 1.807) is 0 Å². The van der Waals surface area contributed by atoms with Crippen LogP contribution >= 0.6 is 0 Å². The van der Waals surface area contributed by atoms with Crippen molar-refractivity contribution in [1.29, 1.82) is 0 Å². The fraction of sp³-hybridized carbons (Fsp3) is 1.00. The van der Waals surface area contributed by atoms with Gasteiger partial charge in [-0.3, -0.25) is 0 Å². The summed E-state index contributed by atoms with van der Waals surface area (Å²) in [5.74, 6) is 0. The lowest BCUT2D eigenvalue weighted by atomic mass is 10.0. The van der Waals surface area contributed by atoms with E-state index in [9.17, 15) is 0 Å². The van der Waals surface area contributed by atoms with Crippen molar-refractivity contribution in [3.05, 3.63) is 0 Å². The molecule has 0 unspecified atom stereocenters. The highest BCUT2D eigenvalue weighted by Gasteiger charge is 2.16. The van der Waals surface area contributed by atoms with Crippen molar-refractivity contribution >= 4 is 0 Å². The minimum Gasteiger partial charge on any atom is -0.328 e. The standard InChI is InChI=1S/C25H53N2/c1-4-5-6-7-8-9-10-11-12-13-14-15-16-19-24-27(2,3)25-20-23-26-21-17-18-22-26/h4-25H2,1-3H3/q+1. The quantitative estimate of drug-likeness (QED) is 0.171. The first-order valence-corrected chi connectivity index (χ1v) is 12.7. The fourth-order valence-electron chi connectivity index (χ4n) is 4.57. The molecule has 1 rings (SSSR count). The van der Waals surface area contributed by atoms with Gasteiger partial charge in [-0.15, -0.1) is 0 Å². The van der Waals surface area contributed by atoms with E-state index < -0.39 is 0 Å². The lowest BCUT2D eigenvalue weighted by molar-refractivity contribution is -0.890. The molecule has 0 radical (unpaired) electrons. The van der Waals surface area contributed by atoms with Crippen LogP contribution in [0.4, 0.5) is 0 Å². The Bertz CT molecular complexity index is 307. The van der Waals surface area contributed by atoms with Crippen LogP contribution in [0.1, 0.15) is 116 Å². The Morgan fingerprint density at radius 3 is 1.44 bits per heavy atom. The summed E-state index contributed by atoms with van der Waals surface area (Å²) in [5.41, 5.74) is 0. The second-order valence-corrected chi connectivity index (χ2v) is 9.88. The first-order chi connectivity index (χ1) is 13.1. The number of rotatable bonds is 19. The molecule has 27 heavy (non-hydrogen) atoms. The van der Waals surface area contributed by atoms with E-state index in [-0.39, 0.29) is 0 Å². The van der Waals surface area contributed by atoms with Crippen LogP contribution in [-0.2, 0) is 0 Å². The number of nitrogens with zero attached hydrogens (tertiary/aromatic N) is 2. The van der Waals surface area contributed by atoms with Crippen LogP contribution in [0.15, 0.2) is 0 Å². The zero-order valence-corrected chi connectivity index (χ0v) is 19.5. The molecule has 0 aromatic heterocycles. The van der Waals surface area contributed by atoms with Crippen LogP contribution < -0.4 is 0 Å². The molecule has 1 aliphatic rings. The van der Waals surface area contributed by atoms with Gasteiger partial charge in [-0.25, -0.2) is 0 Å². The van der Waals surface area contributed by atoms with E-state index in [0.717, 1.165) is 0 Å². The monoisotopic (exact) mass is 381 g/mol. The second kappa shape index (κ2) is 16.8. The van der Waals surface area contributed by atoms with Crippen molar-refractivity contribution in [3.63, 3.8) is 0 Å². The summed E-state index contributed by atoms with van der Waals surface area (Å²) in [6.45, 7) is 9.07. The average molecular weight is 382 g/mol. The third-order valence-electron chi connectivity index (χ3n) is 6.55. The minimum absolute atomic E-state index is 1.23. The highest BCUT2D eigenvalue weighted by molar-refractivity contribution is 4.65. The van der Waals surface area contributed by atoms with E-state index in [1.165, 1.54) is 146 Å². The molecule has 0 aliphatic carbocycles. The molecule has 162 valence electrons. The molecule has 1 fully saturated rings. The van der Waals surface area contributed by atoms with Gasteiger partial charge < -0.3 is 9.38 Å². The minimum atomic E-state index is 1.23. The van der Waals surface area contributed by atoms with Crippen molar-refractivity contribution in [2.24, 2.45) is 0 Å². The summed E-state index contributed by atoms with van der Waals surface area (Å²) in [6.07, 6.45) is 24.7. The van der Waals surface area contributed by atoms with Gasteiger partial charge in [-0.1, -0.05) is 84.0 Å². The second-order valence-electron chi connectivity index (χ2n) is 9.88. The number of unbranched alkanes of at least 4 members (excludes halogenated alkanes) is 13. The van der Waals surface area contributed by atoms with Crippen LogP contribution in [0, 0.1) is 0 Å². The summed E-state index contributed by atoms with van der Waals surface area (Å²) >= 11 is 0. The van der Waals surface area contributed by atoms with E-state index in [1.807, 2.05) is 0 Å². The predicted octanol–water partition coefficient (Wildman–Crippen LogP) is 7.03. The summed E-state index contributed by atoms with van der Waals surface area (Å²) in [4.78, 5) is 2.66. The normalized spacial score (nSPS) is 15.7. The molecule has 0 saturated carbocycles. The Labute approximate surface area is 172 Å². The van der Waals surface area contributed by atoms with E-state index in [4.69, 9.17) is 0 Å². The van der Waals surface area contributed by atoms with Crippen molar-refractivity contribution in [2.45, 2.75) is 116 Å². The van der Waals surface area contributed by atoms with Crippen molar-refractivity contribution in [1.82, 2.24) is 4.90 Å². The number of hydrogen-bond donors (Lipinski definition) is 0. The first kappa shape index (κ1) is 25.0. The third kappa shape index (κ3) is 15.5. The maximum absolute atomic E-state index is 2.66. The van der Waals surface area contributed by atoms with Crippen LogP contribution in [0.3, 0.4) is 0 Å². The zero-order chi connectivity index (χ0) is 19.6. The van der Waals surface area contributed by atoms with E-state index in [0.29, 0.717) is 0 Å². The highest BCUT2D eigenvalue weighted by Crippen LogP contribution is 2.14. The topological polar surface area (TPSA) is 3.24 Å². The Morgan fingerprint density at radius 2 is 0.963 bits per heavy atom. The maximum Gasteiger partial charge on any atom is 0.0794 e. The van der Waals surface area contributed by atoms with Gasteiger partial charge >= 0.3 is 0 Å². The van der Waals surface area contributed by atoms with Crippen molar-refractivity contribution in [3.8, 4) is 0 Å². The Hall–Kier alpha value is -0.0800. The van der Waals surface area contributed by atoms with Crippen molar-refractivity contribution < 1.29 is 4.48 Å². The molecule has 2 nitrogen and oxygen atoms in total. The van der Waals surface area contributed by atoms with E-state index in [2.05, 4.69) is 25.9 Å². The molecule has 0 atom stereocenters. The summed E-state index contributed by atoms with van der Waals surface area (Å²) in [6, 6.07) is 0. The number of hydrogen-bond acceptors (Lipinski definition) is 1. The SMILES string of the molecule is CCCCCCCCCCCCCCCC[N+](C)(C)CCCN1CCCC1. The maximum atomic E-state index is 2.66. The molecule has 0 bridgehead atoms. The first-order valence-electron chi connectivity index (χ1n) is 12.7. The molecule has 0 N–H and O–H groups in total. The largest absolute Gasteiger partial charge is 0.328 e. The van der Waals surface area contributed by atoms with Crippen LogP contribution in [0.25, 0.3) is 0 Å². The molecule has 0 amide bonds. The number of likely N-dealkylation sites (tertiary alicyclic amines) is 1. The smallest absolute Gasteiger partial charge is 0.0794 e. The van der Waals surface area contributed by atoms with Gasteiger partial charge in [0.2, 0.25) is 0 Å². The Balaban J connectivity index is 1.79. The van der Waals surface area contributed by atoms with Gasteiger partial charge in [-0.05, 0) is 38.8 Å². The van der Waals surface area contributed by atoms with Gasteiger partial charge in [0.05, 0.1) is 27.2 Å². The molecule has 1 aliphatic heterocycles. The van der Waals surface area contributed by atoms with E-state index >= 15 is 0 Å². The zero-order valence-electron chi connectivity index (χ0n) is 19.5. The predicted molar refractivity (Wildman–Crippen MR) is 122 cm³/mol. The van der Waals surface area contributed by atoms with Gasteiger partial charge in [-0.2, -0.15) is 0 Å². The Morgan fingerprint density at radius 1 is 0.556 bits per heavy atom. The van der Waals surface area contributed by atoms with Crippen LogP contribution in [-0.4, -0.2) is 56.2 Å². The molecule has 1 heterocycles. The molecule has 1 saturated heterocycles. The summed E-state index contributed by atoms with van der Waals surface area (Å²) < 4.78 is 1.23. The molecule has 0 spiro atoms. The molecule has 0 aromatic rings. The van der Waals surface area contributed by atoms with Gasteiger partial charge in [0.25, 0.3) is 0 Å². The fourth-order valence-corrected chi connectivity index (χ4v) is 4.57. The summed E-state index contributed by atoms with van der Waals surface area (Å²) in [7, 11) is 4.87. The average Bonchev–Trinajstić information content (AvgIpc) is 3.15.